The number of hydrogen-bond donors (Lipinski definition) is 2. The van der Waals surface area contributed by atoms with Crippen LogP contribution in [0.2, 0.25) is 5.02 Å². The zero-order chi connectivity index (χ0) is 23.3. The lowest BCUT2D eigenvalue weighted by Crippen LogP contribution is -2.34. The quantitative estimate of drug-likeness (QED) is 0.393. The average molecular weight is 461 g/mol. The van der Waals surface area contributed by atoms with Gasteiger partial charge in [0.1, 0.15) is 0 Å². The molecule has 0 radical (unpaired) electrons. The average Bonchev–Trinajstić information content (AvgIpc) is 3.60. The third kappa shape index (κ3) is 5.68. The molecule has 0 aliphatic heterocycles. The number of halogens is 1. The number of amides is 1. The number of rotatable bonds is 9. The Labute approximate surface area is 198 Å². The molecular formula is C27H25ClN2O3. The third-order valence-corrected chi connectivity index (χ3v) is 6.10. The molecule has 0 bridgehead atoms. The lowest BCUT2D eigenvalue weighted by molar-refractivity contribution is -0.137. The van der Waals surface area contributed by atoms with Gasteiger partial charge in [0, 0.05) is 35.0 Å². The number of nitrogens with zero attached hydrogens (tertiary/aromatic N) is 1. The first-order chi connectivity index (χ1) is 16.0. The number of allylic oxidation sites excluding steroid dienone is 1. The minimum atomic E-state index is -0.806. The Morgan fingerprint density at radius 1 is 1.03 bits per heavy atom. The van der Waals surface area contributed by atoms with Crippen molar-refractivity contribution in [1.82, 2.24) is 10.3 Å². The molecule has 1 aromatic heterocycles. The van der Waals surface area contributed by atoms with E-state index in [1.165, 1.54) is 0 Å². The number of carboxylic acid groups (broad SMARTS) is 1. The number of hydrogen-bond acceptors (Lipinski definition) is 3. The Morgan fingerprint density at radius 2 is 1.76 bits per heavy atom. The zero-order valence-corrected chi connectivity index (χ0v) is 18.9. The fourth-order valence-corrected chi connectivity index (χ4v) is 4.05. The number of nitrogens with one attached hydrogen (secondary N) is 1. The predicted octanol–water partition coefficient (Wildman–Crippen LogP) is 5.84. The molecule has 0 atom stereocenters. The minimum absolute atomic E-state index is 0.117. The van der Waals surface area contributed by atoms with Gasteiger partial charge in [-0.2, -0.15) is 0 Å². The number of carboxylic acids is 1. The normalized spacial score (nSPS) is 14.5. The van der Waals surface area contributed by atoms with Crippen molar-refractivity contribution in [3.63, 3.8) is 0 Å². The van der Waals surface area contributed by atoms with Crippen molar-refractivity contribution in [2.45, 2.75) is 37.6 Å². The maximum absolute atomic E-state index is 13.2. The van der Waals surface area contributed by atoms with Crippen LogP contribution < -0.4 is 5.32 Å². The molecule has 33 heavy (non-hydrogen) atoms. The largest absolute Gasteiger partial charge is 0.481 e. The lowest BCUT2D eigenvalue weighted by atomic mass is 9.95. The summed E-state index contributed by atoms with van der Waals surface area (Å²) in [5.74, 6) is -0.930. The first-order valence-electron chi connectivity index (χ1n) is 11.0. The third-order valence-electron chi connectivity index (χ3n) is 5.85. The molecule has 0 saturated heterocycles. The molecule has 1 amide bonds. The number of benzene rings is 2. The Balaban J connectivity index is 1.56. The maximum atomic E-state index is 13.2. The highest BCUT2D eigenvalue weighted by molar-refractivity contribution is 6.30. The fourth-order valence-electron chi connectivity index (χ4n) is 3.92. The van der Waals surface area contributed by atoms with Crippen LogP contribution in [0, 0.1) is 0 Å². The van der Waals surface area contributed by atoms with E-state index >= 15 is 0 Å². The van der Waals surface area contributed by atoms with E-state index in [0.717, 1.165) is 35.1 Å². The topological polar surface area (TPSA) is 79.3 Å². The van der Waals surface area contributed by atoms with E-state index in [1.54, 1.807) is 12.4 Å². The van der Waals surface area contributed by atoms with E-state index in [1.807, 2.05) is 66.7 Å². The fraction of sp³-hybridized carbons (Fsp3) is 0.222. The molecule has 1 aliphatic carbocycles. The van der Waals surface area contributed by atoms with Crippen molar-refractivity contribution >= 4 is 29.1 Å². The van der Waals surface area contributed by atoms with E-state index in [4.69, 9.17) is 16.7 Å². The number of aliphatic carboxylic acids is 1. The van der Waals surface area contributed by atoms with Crippen molar-refractivity contribution in [1.29, 1.82) is 0 Å². The van der Waals surface area contributed by atoms with Crippen LogP contribution in [-0.4, -0.2) is 22.0 Å². The number of carbonyl (C=O) groups is 2. The molecule has 0 unspecified atom stereocenters. The van der Waals surface area contributed by atoms with Crippen LogP contribution in [0.25, 0.3) is 5.57 Å². The summed E-state index contributed by atoms with van der Waals surface area (Å²) in [6.45, 7) is 0. The van der Waals surface area contributed by atoms with E-state index in [0.29, 0.717) is 23.4 Å². The molecule has 3 aromatic rings. The van der Waals surface area contributed by atoms with Gasteiger partial charge in [0.05, 0.1) is 5.54 Å². The standard InChI is InChI=1S/C27H25ClN2O3/c28-23-12-10-22(11-13-23)27(14-15-27)30-26(33)20-6-3-5-19(17-20)24(8-1-2-9-25(31)32)21-7-4-16-29-18-21/h3-8,10-13,16-18H,1-2,9,14-15H2,(H,30,33)(H,31,32)/b24-8+. The molecule has 2 aromatic carbocycles. The summed E-state index contributed by atoms with van der Waals surface area (Å²) in [7, 11) is 0. The Morgan fingerprint density at radius 3 is 2.42 bits per heavy atom. The monoisotopic (exact) mass is 460 g/mol. The second-order valence-electron chi connectivity index (χ2n) is 8.27. The summed E-state index contributed by atoms with van der Waals surface area (Å²) >= 11 is 6.02. The van der Waals surface area contributed by atoms with Crippen molar-refractivity contribution in [3.8, 4) is 0 Å². The second-order valence-corrected chi connectivity index (χ2v) is 8.71. The van der Waals surface area contributed by atoms with Gasteiger partial charge in [-0.1, -0.05) is 48.0 Å². The summed E-state index contributed by atoms with van der Waals surface area (Å²) in [5.41, 5.74) is 4.05. The van der Waals surface area contributed by atoms with Gasteiger partial charge in [0.25, 0.3) is 5.91 Å². The van der Waals surface area contributed by atoms with Gasteiger partial charge in [0.15, 0.2) is 0 Å². The predicted molar refractivity (Wildman–Crippen MR) is 129 cm³/mol. The van der Waals surface area contributed by atoms with Gasteiger partial charge in [-0.05, 0) is 72.7 Å². The van der Waals surface area contributed by atoms with Crippen LogP contribution in [0.5, 0.6) is 0 Å². The zero-order valence-electron chi connectivity index (χ0n) is 18.1. The first kappa shape index (κ1) is 22.7. The lowest BCUT2D eigenvalue weighted by Gasteiger charge is -2.19. The van der Waals surface area contributed by atoms with Gasteiger partial charge in [0.2, 0.25) is 0 Å². The summed E-state index contributed by atoms with van der Waals surface area (Å²) in [6.07, 6.45) is 8.57. The van der Waals surface area contributed by atoms with Crippen LogP contribution in [0.1, 0.15) is 59.2 Å². The van der Waals surface area contributed by atoms with E-state index in [9.17, 15) is 9.59 Å². The summed E-state index contributed by atoms with van der Waals surface area (Å²) in [6, 6.07) is 19.0. The number of pyridine rings is 1. The number of carbonyl (C=O) groups excluding carboxylic acids is 1. The minimum Gasteiger partial charge on any atom is -0.481 e. The van der Waals surface area contributed by atoms with Crippen LogP contribution in [0.15, 0.2) is 79.1 Å². The summed E-state index contributed by atoms with van der Waals surface area (Å²) in [5, 5.41) is 12.8. The van der Waals surface area contributed by atoms with Crippen LogP contribution >= 0.6 is 11.6 Å². The molecule has 0 spiro atoms. The molecule has 168 valence electrons. The number of unbranched alkanes of at least 4 members (excludes halogenated alkanes) is 1. The second kappa shape index (κ2) is 10.0. The molecule has 5 nitrogen and oxygen atoms in total. The Bertz CT molecular complexity index is 1170. The van der Waals surface area contributed by atoms with Crippen LogP contribution in [0.3, 0.4) is 0 Å². The highest BCUT2D eigenvalue weighted by Crippen LogP contribution is 2.46. The van der Waals surface area contributed by atoms with E-state index < -0.39 is 5.97 Å². The van der Waals surface area contributed by atoms with E-state index in [2.05, 4.69) is 10.3 Å². The van der Waals surface area contributed by atoms with Gasteiger partial charge >= 0.3 is 5.97 Å². The molecule has 1 heterocycles. The first-order valence-corrected chi connectivity index (χ1v) is 11.4. The van der Waals surface area contributed by atoms with Gasteiger partial charge in [-0.25, -0.2) is 0 Å². The van der Waals surface area contributed by atoms with Crippen molar-refractivity contribution in [3.05, 3.63) is 106 Å². The van der Waals surface area contributed by atoms with Crippen LogP contribution in [-0.2, 0) is 10.3 Å². The molecule has 1 saturated carbocycles. The van der Waals surface area contributed by atoms with Crippen LogP contribution in [0.4, 0.5) is 0 Å². The summed E-state index contributed by atoms with van der Waals surface area (Å²) < 4.78 is 0. The Kier molecular flexibility index (Phi) is 6.90. The van der Waals surface area contributed by atoms with E-state index in [-0.39, 0.29) is 17.9 Å². The maximum Gasteiger partial charge on any atom is 0.303 e. The number of aromatic nitrogens is 1. The SMILES string of the molecule is O=C(O)CCC/C=C(/c1cccnc1)c1cccc(C(=O)NC2(c3ccc(Cl)cc3)CC2)c1. The molecular weight excluding hydrogens is 436 g/mol. The highest BCUT2D eigenvalue weighted by atomic mass is 35.5. The molecule has 4 rings (SSSR count). The molecule has 1 fully saturated rings. The molecule has 1 aliphatic rings. The highest BCUT2D eigenvalue weighted by Gasteiger charge is 2.45. The summed E-state index contributed by atoms with van der Waals surface area (Å²) in [4.78, 5) is 28.2. The van der Waals surface area contributed by atoms with Crippen molar-refractivity contribution in [2.24, 2.45) is 0 Å². The van der Waals surface area contributed by atoms with Crippen molar-refractivity contribution < 1.29 is 14.7 Å². The van der Waals surface area contributed by atoms with Gasteiger partial charge < -0.3 is 10.4 Å². The smallest absolute Gasteiger partial charge is 0.303 e. The van der Waals surface area contributed by atoms with Gasteiger partial charge in [-0.3, -0.25) is 14.6 Å². The Hall–Kier alpha value is -3.44. The molecule has 2 N–H and O–H groups in total. The van der Waals surface area contributed by atoms with Crippen molar-refractivity contribution in [2.75, 3.05) is 0 Å². The van der Waals surface area contributed by atoms with Gasteiger partial charge in [-0.15, -0.1) is 0 Å². The molecule has 6 heteroatoms.